The highest BCUT2D eigenvalue weighted by Gasteiger charge is 2.35. The zero-order valence-electron chi connectivity index (χ0n) is 16.7. The summed E-state index contributed by atoms with van der Waals surface area (Å²) in [5, 5.41) is 4.05. The van der Waals surface area contributed by atoms with Crippen LogP contribution in [-0.4, -0.2) is 43.9 Å². The van der Waals surface area contributed by atoms with Crippen molar-refractivity contribution in [2.24, 2.45) is 0 Å². The first-order valence-electron chi connectivity index (χ1n) is 9.24. The third kappa shape index (κ3) is 3.54. The second kappa shape index (κ2) is 8.02. The first kappa shape index (κ1) is 19.7. The van der Waals surface area contributed by atoms with Crippen molar-refractivity contribution in [3.8, 4) is 28.7 Å². The summed E-state index contributed by atoms with van der Waals surface area (Å²) in [7, 11) is 4.49. The summed E-state index contributed by atoms with van der Waals surface area (Å²) in [5.74, 6) is 1.06. The van der Waals surface area contributed by atoms with E-state index in [1.165, 1.54) is 24.1 Å². The molecular formula is C21H20FN3O5. The van der Waals surface area contributed by atoms with Crippen LogP contribution in [0.5, 0.6) is 17.2 Å². The number of nitrogens with zero attached hydrogens (tertiary/aromatic N) is 3. The van der Waals surface area contributed by atoms with Crippen LogP contribution in [0.4, 0.5) is 10.1 Å². The summed E-state index contributed by atoms with van der Waals surface area (Å²) in [6.07, 6.45) is 0.207. The van der Waals surface area contributed by atoms with Crippen LogP contribution in [0, 0.1) is 5.82 Å². The highest BCUT2D eigenvalue weighted by atomic mass is 19.1. The van der Waals surface area contributed by atoms with Crippen LogP contribution in [0.1, 0.15) is 18.2 Å². The number of hydrogen-bond donors (Lipinski definition) is 0. The molecule has 0 spiro atoms. The molecule has 1 aliphatic heterocycles. The molecule has 3 aromatic rings. The number of aromatic nitrogens is 2. The number of anilines is 1. The number of halogens is 1. The van der Waals surface area contributed by atoms with Gasteiger partial charge in [-0.2, -0.15) is 4.98 Å². The Morgan fingerprint density at radius 2 is 1.77 bits per heavy atom. The van der Waals surface area contributed by atoms with Crippen molar-refractivity contribution in [2.75, 3.05) is 32.8 Å². The fourth-order valence-corrected chi connectivity index (χ4v) is 3.44. The lowest BCUT2D eigenvalue weighted by Gasteiger charge is -2.16. The Labute approximate surface area is 172 Å². The normalized spacial score (nSPS) is 16.1. The summed E-state index contributed by atoms with van der Waals surface area (Å²) < 4.78 is 34.9. The van der Waals surface area contributed by atoms with E-state index in [9.17, 15) is 9.18 Å². The molecule has 1 aromatic heterocycles. The van der Waals surface area contributed by atoms with Gasteiger partial charge >= 0.3 is 0 Å². The summed E-state index contributed by atoms with van der Waals surface area (Å²) in [5.41, 5.74) is 1.13. The van der Waals surface area contributed by atoms with E-state index in [0.717, 1.165) is 0 Å². The third-order valence-electron chi connectivity index (χ3n) is 5.01. The zero-order valence-corrected chi connectivity index (χ0v) is 16.7. The minimum Gasteiger partial charge on any atom is -0.494 e. The molecule has 4 rings (SSSR count). The Morgan fingerprint density at radius 3 is 2.47 bits per heavy atom. The minimum absolute atomic E-state index is 0.125. The maximum Gasteiger partial charge on any atom is 0.258 e. The Hall–Kier alpha value is -3.62. The van der Waals surface area contributed by atoms with E-state index in [2.05, 4.69) is 10.1 Å². The van der Waals surface area contributed by atoms with Gasteiger partial charge in [-0.1, -0.05) is 5.16 Å². The molecule has 9 heteroatoms. The smallest absolute Gasteiger partial charge is 0.258 e. The van der Waals surface area contributed by atoms with Crippen LogP contribution in [0.2, 0.25) is 0 Å². The molecule has 0 aliphatic carbocycles. The highest BCUT2D eigenvalue weighted by molar-refractivity contribution is 5.96. The lowest BCUT2D eigenvalue weighted by atomic mass is 10.1. The minimum atomic E-state index is -0.526. The van der Waals surface area contributed by atoms with Gasteiger partial charge in [-0.3, -0.25) is 4.79 Å². The van der Waals surface area contributed by atoms with Crippen LogP contribution in [0.3, 0.4) is 0 Å². The van der Waals surface area contributed by atoms with Crippen LogP contribution in [0.25, 0.3) is 11.5 Å². The molecule has 8 nitrogen and oxygen atoms in total. The van der Waals surface area contributed by atoms with E-state index >= 15 is 0 Å². The van der Waals surface area contributed by atoms with E-state index in [1.54, 1.807) is 38.5 Å². The average molecular weight is 413 g/mol. The molecular weight excluding hydrogens is 393 g/mol. The SMILES string of the molecule is COc1ccc(N2CC(c3noc(-c4ccc(OC)c(OC)c4)n3)CC2=O)cc1F. The highest BCUT2D eigenvalue weighted by Crippen LogP contribution is 2.35. The molecule has 1 unspecified atom stereocenters. The lowest BCUT2D eigenvalue weighted by Crippen LogP contribution is -2.24. The van der Waals surface area contributed by atoms with Gasteiger partial charge in [-0.15, -0.1) is 0 Å². The zero-order chi connectivity index (χ0) is 21.3. The number of carbonyl (C=O) groups is 1. The Bertz CT molecular complexity index is 1080. The van der Waals surface area contributed by atoms with Crippen molar-refractivity contribution in [3.63, 3.8) is 0 Å². The predicted octanol–water partition coefficient (Wildman–Crippen LogP) is 3.42. The third-order valence-corrected chi connectivity index (χ3v) is 5.01. The number of hydrogen-bond acceptors (Lipinski definition) is 7. The quantitative estimate of drug-likeness (QED) is 0.612. The van der Waals surface area contributed by atoms with Crippen molar-refractivity contribution in [3.05, 3.63) is 48.0 Å². The number of carbonyl (C=O) groups excluding carboxylic acids is 1. The van der Waals surface area contributed by atoms with E-state index in [0.29, 0.717) is 41.0 Å². The second-order valence-corrected chi connectivity index (χ2v) is 6.75. The molecule has 1 aliphatic rings. The predicted molar refractivity (Wildman–Crippen MR) is 106 cm³/mol. The van der Waals surface area contributed by atoms with Crippen LogP contribution >= 0.6 is 0 Å². The summed E-state index contributed by atoms with van der Waals surface area (Å²) in [4.78, 5) is 18.5. The summed E-state index contributed by atoms with van der Waals surface area (Å²) in [6.45, 7) is 0.329. The van der Waals surface area contributed by atoms with Crippen molar-refractivity contribution in [1.82, 2.24) is 10.1 Å². The van der Waals surface area contributed by atoms with Crippen molar-refractivity contribution < 1.29 is 27.9 Å². The van der Waals surface area contributed by atoms with Gasteiger partial charge < -0.3 is 23.6 Å². The van der Waals surface area contributed by atoms with E-state index < -0.39 is 5.82 Å². The van der Waals surface area contributed by atoms with Crippen molar-refractivity contribution in [1.29, 1.82) is 0 Å². The van der Waals surface area contributed by atoms with Gasteiger partial charge in [0.2, 0.25) is 5.91 Å². The van der Waals surface area contributed by atoms with Gasteiger partial charge in [0.15, 0.2) is 28.9 Å². The molecule has 1 amide bonds. The number of rotatable bonds is 6. The number of methoxy groups -OCH3 is 3. The fraction of sp³-hybridized carbons (Fsp3) is 0.286. The maximum absolute atomic E-state index is 14.0. The van der Waals surface area contributed by atoms with Gasteiger partial charge in [0.1, 0.15) is 0 Å². The van der Waals surface area contributed by atoms with Gasteiger partial charge in [0.05, 0.1) is 21.3 Å². The lowest BCUT2D eigenvalue weighted by molar-refractivity contribution is -0.117. The van der Waals surface area contributed by atoms with Crippen LogP contribution in [-0.2, 0) is 4.79 Å². The first-order chi connectivity index (χ1) is 14.5. The Morgan fingerprint density at radius 1 is 1.03 bits per heavy atom. The van der Waals surface area contributed by atoms with Gasteiger partial charge in [0, 0.05) is 36.2 Å². The molecule has 1 saturated heterocycles. The van der Waals surface area contributed by atoms with Crippen LogP contribution in [0.15, 0.2) is 40.9 Å². The molecule has 1 fully saturated rings. The molecule has 0 saturated carbocycles. The molecule has 156 valence electrons. The van der Waals surface area contributed by atoms with Gasteiger partial charge in [-0.05, 0) is 30.3 Å². The van der Waals surface area contributed by atoms with E-state index in [-0.39, 0.29) is 24.0 Å². The molecule has 2 aromatic carbocycles. The van der Waals surface area contributed by atoms with Gasteiger partial charge in [-0.25, -0.2) is 4.39 Å². The number of benzene rings is 2. The summed E-state index contributed by atoms with van der Waals surface area (Å²) in [6, 6.07) is 9.69. The molecule has 0 bridgehead atoms. The number of amides is 1. The largest absolute Gasteiger partial charge is 0.494 e. The van der Waals surface area contributed by atoms with E-state index in [1.807, 2.05) is 0 Å². The van der Waals surface area contributed by atoms with Crippen molar-refractivity contribution in [2.45, 2.75) is 12.3 Å². The molecule has 0 N–H and O–H groups in total. The fourth-order valence-electron chi connectivity index (χ4n) is 3.44. The van der Waals surface area contributed by atoms with Crippen molar-refractivity contribution >= 4 is 11.6 Å². The summed E-state index contributed by atoms with van der Waals surface area (Å²) >= 11 is 0. The van der Waals surface area contributed by atoms with E-state index in [4.69, 9.17) is 18.7 Å². The Kier molecular flexibility index (Phi) is 5.26. The maximum atomic E-state index is 14.0. The van der Waals surface area contributed by atoms with Gasteiger partial charge in [0.25, 0.3) is 5.89 Å². The first-order valence-corrected chi connectivity index (χ1v) is 9.24. The Balaban J connectivity index is 1.55. The van der Waals surface area contributed by atoms with Crippen LogP contribution < -0.4 is 19.1 Å². The topological polar surface area (TPSA) is 86.9 Å². The molecule has 2 heterocycles. The molecule has 30 heavy (non-hydrogen) atoms. The molecule has 0 radical (unpaired) electrons. The average Bonchev–Trinajstić information content (AvgIpc) is 3.40. The monoisotopic (exact) mass is 413 g/mol. The molecule has 1 atom stereocenters. The second-order valence-electron chi connectivity index (χ2n) is 6.75. The number of ether oxygens (including phenoxy) is 3. The standard InChI is InChI=1S/C21H20FN3O5/c1-27-16-7-5-14(10-15(16)22)25-11-13(9-19(25)26)20-23-21(30-24-20)12-4-6-17(28-2)18(8-12)29-3/h4-8,10,13H,9,11H2,1-3H3.